The number of hydrogen-bond donors (Lipinski definition) is 0. The summed E-state index contributed by atoms with van der Waals surface area (Å²) in [4.78, 5) is 13.4. The normalized spacial score (nSPS) is 16.0. The highest BCUT2D eigenvalue weighted by Gasteiger charge is 2.20. The van der Waals surface area contributed by atoms with E-state index in [-0.39, 0.29) is 0 Å². The summed E-state index contributed by atoms with van der Waals surface area (Å²) in [6, 6.07) is 7.71. The average Bonchev–Trinajstić information content (AvgIpc) is 2.53. The van der Waals surface area contributed by atoms with E-state index in [1.807, 2.05) is 37.4 Å². The molecule has 2 aromatic rings. The van der Waals surface area contributed by atoms with Crippen LogP contribution in [0.2, 0.25) is 10.0 Å². The van der Waals surface area contributed by atoms with Crippen molar-refractivity contribution < 1.29 is 0 Å². The van der Waals surface area contributed by atoms with E-state index < -0.39 is 0 Å². The summed E-state index contributed by atoms with van der Waals surface area (Å²) in [5.41, 5.74) is 2.08. The van der Waals surface area contributed by atoms with Gasteiger partial charge in [-0.15, -0.1) is 0 Å². The molecule has 0 N–H and O–H groups in total. The maximum Gasteiger partial charge on any atom is 0.225 e. The van der Waals surface area contributed by atoms with E-state index in [1.54, 1.807) is 0 Å². The van der Waals surface area contributed by atoms with Crippen LogP contribution in [0, 0.1) is 6.92 Å². The molecule has 2 heterocycles. The fraction of sp³-hybridized carbons (Fsp3) is 0.375. The molecule has 1 aromatic heterocycles. The number of piperazine rings is 1. The van der Waals surface area contributed by atoms with E-state index in [0.29, 0.717) is 10.0 Å². The molecule has 116 valence electrons. The highest BCUT2D eigenvalue weighted by atomic mass is 35.5. The number of rotatable bonds is 3. The van der Waals surface area contributed by atoms with Crippen molar-refractivity contribution in [1.82, 2.24) is 14.9 Å². The molecule has 22 heavy (non-hydrogen) atoms. The first-order valence-electron chi connectivity index (χ1n) is 7.33. The van der Waals surface area contributed by atoms with Gasteiger partial charge in [0.25, 0.3) is 0 Å². The molecule has 0 amide bonds. The molecule has 4 nitrogen and oxygen atoms in total. The fourth-order valence-corrected chi connectivity index (χ4v) is 2.99. The minimum Gasteiger partial charge on any atom is -0.338 e. The third-order valence-corrected chi connectivity index (χ3v) is 4.72. The molecule has 0 unspecified atom stereocenters. The van der Waals surface area contributed by atoms with Crippen LogP contribution in [0.25, 0.3) is 0 Å². The van der Waals surface area contributed by atoms with E-state index in [2.05, 4.69) is 19.8 Å². The zero-order chi connectivity index (χ0) is 15.5. The van der Waals surface area contributed by atoms with Crippen molar-refractivity contribution in [1.29, 1.82) is 0 Å². The first-order chi connectivity index (χ1) is 10.6. The Morgan fingerprint density at radius 1 is 1.09 bits per heavy atom. The second kappa shape index (κ2) is 6.82. The van der Waals surface area contributed by atoms with E-state index in [4.69, 9.17) is 23.2 Å². The molecule has 0 aliphatic carbocycles. The highest BCUT2D eigenvalue weighted by molar-refractivity contribution is 6.42. The van der Waals surface area contributed by atoms with Crippen LogP contribution in [-0.4, -0.2) is 41.0 Å². The van der Waals surface area contributed by atoms with Crippen LogP contribution in [0.3, 0.4) is 0 Å². The Kier molecular flexibility index (Phi) is 4.81. The quantitative estimate of drug-likeness (QED) is 0.859. The maximum absolute atomic E-state index is 6.27. The number of aromatic nitrogens is 2. The summed E-state index contributed by atoms with van der Waals surface area (Å²) in [6.07, 6.45) is 1.82. The number of nitrogens with zero attached hydrogens (tertiary/aromatic N) is 4. The molecule has 0 bridgehead atoms. The van der Waals surface area contributed by atoms with Gasteiger partial charge >= 0.3 is 0 Å². The molecule has 1 saturated heterocycles. The Labute approximate surface area is 140 Å². The van der Waals surface area contributed by atoms with E-state index in [9.17, 15) is 0 Å². The standard InChI is InChI=1S/C16H18Cl2N4/c1-12-5-6-19-16(20-12)22-9-7-21(8-10-22)11-13-3-2-4-14(17)15(13)18/h2-6H,7-11H2,1H3. The van der Waals surface area contributed by atoms with Gasteiger partial charge in [0.1, 0.15) is 0 Å². The lowest BCUT2D eigenvalue weighted by Gasteiger charge is -2.34. The van der Waals surface area contributed by atoms with Gasteiger partial charge in [-0.05, 0) is 24.6 Å². The zero-order valence-electron chi connectivity index (χ0n) is 12.5. The molecule has 0 saturated carbocycles. The van der Waals surface area contributed by atoms with Crippen LogP contribution in [0.15, 0.2) is 30.5 Å². The van der Waals surface area contributed by atoms with Gasteiger partial charge in [0.15, 0.2) is 0 Å². The highest BCUT2D eigenvalue weighted by Crippen LogP contribution is 2.26. The molecule has 0 spiro atoms. The molecule has 0 radical (unpaired) electrons. The maximum atomic E-state index is 6.27. The Morgan fingerprint density at radius 3 is 2.59 bits per heavy atom. The van der Waals surface area contributed by atoms with Crippen LogP contribution >= 0.6 is 23.2 Å². The van der Waals surface area contributed by atoms with Crippen molar-refractivity contribution >= 4 is 29.2 Å². The van der Waals surface area contributed by atoms with Crippen LogP contribution in [-0.2, 0) is 6.54 Å². The number of benzene rings is 1. The van der Waals surface area contributed by atoms with Gasteiger partial charge in [0.2, 0.25) is 5.95 Å². The van der Waals surface area contributed by atoms with Gasteiger partial charge in [-0.25, -0.2) is 9.97 Å². The van der Waals surface area contributed by atoms with E-state index >= 15 is 0 Å². The van der Waals surface area contributed by atoms with Crippen LogP contribution < -0.4 is 4.90 Å². The topological polar surface area (TPSA) is 32.3 Å². The second-order valence-corrected chi connectivity index (χ2v) is 6.26. The van der Waals surface area contributed by atoms with Crippen molar-refractivity contribution in [3.05, 3.63) is 51.8 Å². The molecule has 1 aliphatic heterocycles. The van der Waals surface area contributed by atoms with Gasteiger partial charge in [0.05, 0.1) is 10.0 Å². The minimum absolute atomic E-state index is 0.617. The number of halogens is 2. The number of hydrogen-bond acceptors (Lipinski definition) is 4. The molecular weight excluding hydrogens is 319 g/mol. The minimum atomic E-state index is 0.617. The summed E-state index contributed by atoms with van der Waals surface area (Å²) in [7, 11) is 0. The lowest BCUT2D eigenvalue weighted by atomic mass is 10.2. The van der Waals surface area contributed by atoms with Gasteiger partial charge in [-0.3, -0.25) is 4.90 Å². The summed E-state index contributed by atoms with van der Waals surface area (Å²) in [5.74, 6) is 0.820. The third kappa shape index (κ3) is 3.51. The zero-order valence-corrected chi connectivity index (χ0v) is 14.0. The van der Waals surface area contributed by atoms with Gasteiger partial charge in [0, 0.05) is 44.6 Å². The Hall–Kier alpha value is -1.36. The van der Waals surface area contributed by atoms with Crippen molar-refractivity contribution in [3.63, 3.8) is 0 Å². The molecular formula is C16H18Cl2N4. The first-order valence-corrected chi connectivity index (χ1v) is 8.09. The molecule has 0 atom stereocenters. The molecule has 1 aromatic carbocycles. The van der Waals surface area contributed by atoms with Crippen LogP contribution in [0.1, 0.15) is 11.3 Å². The van der Waals surface area contributed by atoms with Gasteiger partial charge in [-0.2, -0.15) is 0 Å². The molecule has 1 aliphatic rings. The summed E-state index contributed by atoms with van der Waals surface area (Å²) >= 11 is 12.3. The van der Waals surface area contributed by atoms with Gasteiger partial charge in [-0.1, -0.05) is 35.3 Å². The summed E-state index contributed by atoms with van der Waals surface area (Å²) < 4.78 is 0. The Morgan fingerprint density at radius 2 is 1.86 bits per heavy atom. The predicted molar refractivity (Wildman–Crippen MR) is 90.7 cm³/mol. The monoisotopic (exact) mass is 336 g/mol. The van der Waals surface area contributed by atoms with Gasteiger partial charge < -0.3 is 4.90 Å². The summed E-state index contributed by atoms with van der Waals surface area (Å²) in [5, 5.41) is 1.28. The SMILES string of the molecule is Cc1ccnc(N2CCN(Cc3cccc(Cl)c3Cl)CC2)n1. The van der Waals surface area contributed by atoms with Crippen LogP contribution in [0.4, 0.5) is 5.95 Å². The Bertz CT molecular complexity index is 654. The lowest BCUT2D eigenvalue weighted by Crippen LogP contribution is -2.46. The number of aryl methyl sites for hydroxylation is 1. The number of anilines is 1. The second-order valence-electron chi connectivity index (χ2n) is 5.47. The van der Waals surface area contributed by atoms with E-state index in [0.717, 1.165) is 49.9 Å². The van der Waals surface area contributed by atoms with Crippen molar-refractivity contribution in [2.24, 2.45) is 0 Å². The molecule has 1 fully saturated rings. The lowest BCUT2D eigenvalue weighted by molar-refractivity contribution is 0.248. The smallest absolute Gasteiger partial charge is 0.225 e. The van der Waals surface area contributed by atoms with Crippen molar-refractivity contribution in [3.8, 4) is 0 Å². The average molecular weight is 337 g/mol. The van der Waals surface area contributed by atoms with Crippen molar-refractivity contribution in [2.45, 2.75) is 13.5 Å². The molecule has 3 rings (SSSR count). The fourth-order valence-electron chi connectivity index (χ4n) is 2.61. The largest absolute Gasteiger partial charge is 0.338 e. The first kappa shape index (κ1) is 15.5. The van der Waals surface area contributed by atoms with Crippen molar-refractivity contribution in [2.75, 3.05) is 31.1 Å². The predicted octanol–water partition coefficient (Wildman–Crippen LogP) is 3.41. The van der Waals surface area contributed by atoms with Crippen LogP contribution in [0.5, 0.6) is 0 Å². The van der Waals surface area contributed by atoms with E-state index in [1.165, 1.54) is 0 Å². The Balaban J connectivity index is 1.61. The molecule has 6 heteroatoms. The summed E-state index contributed by atoms with van der Waals surface area (Å²) in [6.45, 7) is 6.56. The third-order valence-electron chi connectivity index (χ3n) is 3.86.